The van der Waals surface area contributed by atoms with Crippen LogP contribution in [0.2, 0.25) is 0 Å². The van der Waals surface area contributed by atoms with Gasteiger partial charge in [-0.1, -0.05) is 6.92 Å². The molecule has 5 nitrogen and oxygen atoms in total. The van der Waals surface area contributed by atoms with Crippen LogP contribution in [0.25, 0.3) is 0 Å². The first-order valence-electron chi connectivity index (χ1n) is 3.66. The summed E-state index contributed by atoms with van der Waals surface area (Å²) in [5, 5.41) is 35.5. The van der Waals surface area contributed by atoms with Gasteiger partial charge >= 0.3 is 0 Å². The van der Waals surface area contributed by atoms with Crippen LogP contribution >= 0.6 is 0 Å². The van der Waals surface area contributed by atoms with Crippen molar-refractivity contribution < 1.29 is 25.2 Å². The Labute approximate surface area is 70.3 Å². The maximum atomic E-state index is 10.7. The molecule has 4 N–H and O–H groups in total. The molecular formula is C7H14O5. The van der Waals surface area contributed by atoms with E-state index in [1.807, 2.05) is 0 Å². The molecule has 0 fully saturated rings. The van der Waals surface area contributed by atoms with Crippen LogP contribution in [0.1, 0.15) is 13.3 Å². The number of hydrogen-bond donors (Lipinski definition) is 4. The molecule has 2 atom stereocenters. The molecule has 0 rings (SSSR count). The molecule has 0 aromatic carbocycles. The molecule has 0 heterocycles. The van der Waals surface area contributed by atoms with Crippen molar-refractivity contribution in [1.29, 1.82) is 0 Å². The predicted octanol–water partition coefficient (Wildman–Crippen LogP) is -1.96. The Morgan fingerprint density at radius 1 is 1.50 bits per heavy atom. The SMILES string of the molecule is CCC(O)(CO)C(O)C(=O)CO. The first-order chi connectivity index (χ1) is 5.51. The predicted molar refractivity (Wildman–Crippen MR) is 40.4 cm³/mol. The number of aliphatic hydroxyl groups excluding tert-OH is 3. The van der Waals surface area contributed by atoms with Gasteiger partial charge in [0.25, 0.3) is 0 Å². The van der Waals surface area contributed by atoms with E-state index in [9.17, 15) is 9.90 Å². The molecular weight excluding hydrogens is 164 g/mol. The smallest absolute Gasteiger partial charge is 0.189 e. The second-order valence-corrected chi connectivity index (χ2v) is 2.64. The zero-order valence-electron chi connectivity index (χ0n) is 6.90. The van der Waals surface area contributed by atoms with Crippen molar-refractivity contribution in [2.24, 2.45) is 0 Å². The fourth-order valence-electron chi connectivity index (χ4n) is 0.778. The Kier molecular flexibility index (Phi) is 4.33. The third-order valence-corrected chi connectivity index (χ3v) is 1.86. The standard InChI is InChI=1S/C7H14O5/c1-2-7(12,4-9)6(11)5(10)3-8/h6,8-9,11-12H,2-4H2,1H3. The van der Waals surface area contributed by atoms with Gasteiger partial charge in [-0.3, -0.25) is 4.79 Å². The van der Waals surface area contributed by atoms with Crippen molar-refractivity contribution in [2.75, 3.05) is 13.2 Å². The number of hydrogen-bond acceptors (Lipinski definition) is 5. The van der Waals surface area contributed by atoms with Gasteiger partial charge in [0.1, 0.15) is 18.3 Å². The number of carbonyl (C=O) groups is 1. The van der Waals surface area contributed by atoms with Gasteiger partial charge < -0.3 is 20.4 Å². The normalized spacial score (nSPS) is 18.4. The van der Waals surface area contributed by atoms with Gasteiger partial charge in [0.2, 0.25) is 0 Å². The molecule has 0 saturated heterocycles. The van der Waals surface area contributed by atoms with E-state index in [1.54, 1.807) is 0 Å². The number of carbonyl (C=O) groups excluding carboxylic acids is 1. The summed E-state index contributed by atoms with van der Waals surface area (Å²) in [6.07, 6.45) is -1.69. The lowest BCUT2D eigenvalue weighted by atomic mass is 9.92. The van der Waals surface area contributed by atoms with Crippen molar-refractivity contribution in [3.8, 4) is 0 Å². The van der Waals surface area contributed by atoms with Crippen LogP contribution in [-0.2, 0) is 4.79 Å². The number of rotatable bonds is 5. The summed E-state index contributed by atoms with van der Waals surface area (Å²) in [4.78, 5) is 10.7. The maximum Gasteiger partial charge on any atom is 0.189 e. The molecule has 0 bridgehead atoms. The largest absolute Gasteiger partial charge is 0.393 e. The second kappa shape index (κ2) is 4.51. The lowest BCUT2D eigenvalue weighted by molar-refractivity contribution is -0.152. The molecule has 0 aliphatic rings. The van der Waals surface area contributed by atoms with E-state index in [2.05, 4.69) is 0 Å². The highest BCUT2D eigenvalue weighted by Gasteiger charge is 2.37. The van der Waals surface area contributed by atoms with Gasteiger partial charge in [0, 0.05) is 0 Å². The van der Waals surface area contributed by atoms with Crippen LogP contribution in [0.15, 0.2) is 0 Å². The topological polar surface area (TPSA) is 98.0 Å². The highest BCUT2D eigenvalue weighted by molar-refractivity contribution is 5.85. The van der Waals surface area contributed by atoms with Gasteiger partial charge in [-0.25, -0.2) is 0 Å². The lowest BCUT2D eigenvalue weighted by Crippen LogP contribution is -2.50. The van der Waals surface area contributed by atoms with E-state index in [0.717, 1.165) is 0 Å². The van der Waals surface area contributed by atoms with Crippen molar-refractivity contribution in [3.63, 3.8) is 0 Å². The minimum absolute atomic E-state index is 0.0381. The fraction of sp³-hybridized carbons (Fsp3) is 0.857. The fourth-order valence-corrected chi connectivity index (χ4v) is 0.778. The zero-order chi connectivity index (χ0) is 9.78. The summed E-state index contributed by atoms with van der Waals surface area (Å²) in [5.41, 5.74) is -1.83. The highest BCUT2D eigenvalue weighted by atomic mass is 16.4. The molecule has 0 aliphatic heterocycles. The number of ketones is 1. The van der Waals surface area contributed by atoms with E-state index >= 15 is 0 Å². The Bertz CT molecular complexity index is 152. The summed E-state index contributed by atoms with van der Waals surface area (Å²) in [5.74, 6) is -0.895. The molecule has 0 aromatic rings. The van der Waals surface area contributed by atoms with Crippen LogP contribution in [0.5, 0.6) is 0 Å². The molecule has 2 unspecified atom stereocenters. The summed E-state index contributed by atoms with van der Waals surface area (Å²) >= 11 is 0. The molecule has 0 aromatic heterocycles. The van der Waals surface area contributed by atoms with E-state index in [-0.39, 0.29) is 6.42 Å². The summed E-state index contributed by atoms with van der Waals surface area (Å²) in [7, 11) is 0. The van der Waals surface area contributed by atoms with Gasteiger partial charge in [-0.05, 0) is 6.42 Å². The minimum atomic E-state index is -1.83. The lowest BCUT2D eigenvalue weighted by Gasteiger charge is -2.28. The summed E-state index contributed by atoms with van der Waals surface area (Å²) in [6.45, 7) is -0.0377. The average Bonchev–Trinajstić information content (AvgIpc) is 2.14. The van der Waals surface area contributed by atoms with Crippen molar-refractivity contribution in [3.05, 3.63) is 0 Å². The van der Waals surface area contributed by atoms with Crippen molar-refractivity contribution in [2.45, 2.75) is 25.0 Å². The van der Waals surface area contributed by atoms with Crippen LogP contribution in [0.3, 0.4) is 0 Å². The van der Waals surface area contributed by atoms with Crippen LogP contribution < -0.4 is 0 Å². The Balaban J connectivity index is 4.40. The van der Waals surface area contributed by atoms with Crippen molar-refractivity contribution in [1.82, 2.24) is 0 Å². The first-order valence-corrected chi connectivity index (χ1v) is 3.66. The second-order valence-electron chi connectivity index (χ2n) is 2.64. The number of aliphatic hydroxyl groups is 4. The average molecular weight is 178 g/mol. The molecule has 12 heavy (non-hydrogen) atoms. The Hall–Kier alpha value is -0.490. The third-order valence-electron chi connectivity index (χ3n) is 1.86. The van der Waals surface area contributed by atoms with E-state index in [0.29, 0.717) is 0 Å². The summed E-state index contributed by atoms with van der Waals surface area (Å²) < 4.78 is 0. The van der Waals surface area contributed by atoms with E-state index in [1.165, 1.54) is 6.92 Å². The molecule has 0 aliphatic carbocycles. The quantitative estimate of drug-likeness (QED) is 0.392. The van der Waals surface area contributed by atoms with Crippen LogP contribution in [-0.4, -0.2) is 51.1 Å². The van der Waals surface area contributed by atoms with E-state index < -0.39 is 30.7 Å². The molecule has 0 amide bonds. The maximum absolute atomic E-state index is 10.7. The molecule has 0 spiro atoms. The van der Waals surface area contributed by atoms with Crippen LogP contribution in [0, 0.1) is 0 Å². The minimum Gasteiger partial charge on any atom is -0.393 e. The van der Waals surface area contributed by atoms with Gasteiger partial charge in [0.15, 0.2) is 5.78 Å². The third kappa shape index (κ3) is 2.25. The van der Waals surface area contributed by atoms with Gasteiger partial charge in [-0.15, -0.1) is 0 Å². The van der Waals surface area contributed by atoms with E-state index in [4.69, 9.17) is 15.3 Å². The molecule has 72 valence electrons. The van der Waals surface area contributed by atoms with Crippen LogP contribution in [0.4, 0.5) is 0 Å². The van der Waals surface area contributed by atoms with Crippen molar-refractivity contribution >= 4 is 5.78 Å². The van der Waals surface area contributed by atoms with Gasteiger partial charge in [-0.2, -0.15) is 0 Å². The number of Topliss-reactive ketones (excluding diaryl/α,β-unsaturated/α-hetero) is 1. The molecule has 0 saturated carbocycles. The molecule has 0 radical (unpaired) electrons. The highest BCUT2D eigenvalue weighted by Crippen LogP contribution is 2.15. The molecule has 5 heteroatoms. The Morgan fingerprint density at radius 3 is 2.25 bits per heavy atom. The Morgan fingerprint density at radius 2 is 2.00 bits per heavy atom. The monoisotopic (exact) mass is 178 g/mol. The first kappa shape index (κ1) is 11.5. The van der Waals surface area contributed by atoms with Gasteiger partial charge in [0.05, 0.1) is 6.61 Å². The summed E-state index contributed by atoms with van der Waals surface area (Å²) in [6, 6.07) is 0. The zero-order valence-corrected chi connectivity index (χ0v) is 6.90.